The van der Waals surface area contributed by atoms with E-state index >= 15 is 0 Å². The van der Waals surface area contributed by atoms with Crippen molar-refractivity contribution in [2.75, 3.05) is 31.1 Å². The molecular formula is C18H30N2S. The van der Waals surface area contributed by atoms with Crippen LogP contribution in [0.3, 0.4) is 0 Å². The van der Waals surface area contributed by atoms with Crippen molar-refractivity contribution < 1.29 is 0 Å². The monoisotopic (exact) mass is 306 g/mol. The Bertz CT molecular complexity index is 409. The summed E-state index contributed by atoms with van der Waals surface area (Å²) in [6, 6.07) is 11.6. The lowest BCUT2D eigenvalue weighted by molar-refractivity contribution is 0.0865. The maximum Gasteiger partial charge on any atom is 0.0535 e. The number of rotatable bonds is 7. The molecule has 21 heavy (non-hydrogen) atoms. The highest BCUT2D eigenvalue weighted by Gasteiger charge is 2.36. The maximum atomic E-state index is 3.82. The summed E-state index contributed by atoms with van der Waals surface area (Å²) in [6.45, 7) is 10.3. The van der Waals surface area contributed by atoms with Crippen LogP contribution in [0.15, 0.2) is 30.3 Å². The minimum Gasteiger partial charge on any atom is -0.305 e. The molecule has 1 aromatic carbocycles. The van der Waals surface area contributed by atoms with Crippen molar-refractivity contribution in [2.24, 2.45) is 0 Å². The molecule has 0 saturated carbocycles. The fourth-order valence-corrected chi connectivity index (χ4v) is 3.92. The third kappa shape index (κ3) is 4.48. The molecule has 1 aliphatic rings. The van der Waals surface area contributed by atoms with Crippen LogP contribution in [-0.2, 0) is 5.54 Å². The van der Waals surface area contributed by atoms with Crippen molar-refractivity contribution in [1.29, 1.82) is 0 Å². The van der Waals surface area contributed by atoms with E-state index in [1.54, 1.807) is 0 Å². The van der Waals surface area contributed by atoms with Crippen molar-refractivity contribution in [1.82, 2.24) is 10.2 Å². The van der Waals surface area contributed by atoms with Crippen LogP contribution in [0, 0.1) is 0 Å². The van der Waals surface area contributed by atoms with E-state index in [4.69, 9.17) is 0 Å². The third-order valence-electron chi connectivity index (χ3n) is 4.52. The van der Waals surface area contributed by atoms with Crippen molar-refractivity contribution >= 4 is 11.8 Å². The van der Waals surface area contributed by atoms with Gasteiger partial charge in [-0.15, -0.1) is 0 Å². The minimum absolute atomic E-state index is 0.0857. The minimum atomic E-state index is 0.0857. The number of hydrogen-bond donors (Lipinski definition) is 1. The Labute approximate surface area is 134 Å². The summed E-state index contributed by atoms with van der Waals surface area (Å²) in [6.07, 6.45) is 2.57. The van der Waals surface area contributed by atoms with Gasteiger partial charge in [-0.05, 0) is 24.7 Å². The van der Waals surface area contributed by atoms with Gasteiger partial charge in [0.1, 0.15) is 0 Å². The smallest absolute Gasteiger partial charge is 0.0535 e. The van der Waals surface area contributed by atoms with Crippen LogP contribution < -0.4 is 5.32 Å². The van der Waals surface area contributed by atoms with Gasteiger partial charge in [0.2, 0.25) is 0 Å². The summed E-state index contributed by atoms with van der Waals surface area (Å²) < 4.78 is 0. The number of hydrogen-bond acceptors (Lipinski definition) is 3. The van der Waals surface area contributed by atoms with Gasteiger partial charge in [-0.25, -0.2) is 0 Å². The van der Waals surface area contributed by atoms with Gasteiger partial charge in [0.15, 0.2) is 0 Å². The molecule has 2 rings (SSSR count). The molecule has 0 bridgehead atoms. The topological polar surface area (TPSA) is 15.3 Å². The average molecular weight is 307 g/mol. The van der Waals surface area contributed by atoms with E-state index in [0.717, 1.165) is 13.1 Å². The largest absolute Gasteiger partial charge is 0.305 e. The first-order chi connectivity index (χ1) is 10.2. The van der Waals surface area contributed by atoms with Crippen molar-refractivity contribution in [2.45, 2.75) is 45.2 Å². The van der Waals surface area contributed by atoms with Gasteiger partial charge >= 0.3 is 0 Å². The van der Waals surface area contributed by atoms with Crippen LogP contribution in [0.2, 0.25) is 0 Å². The van der Waals surface area contributed by atoms with E-state index in [2.05, 4.69) is 73.1 Å². The predicted molar refractivity (Wildman–Crippen MR) is 95.1 cm³/mol. The van der Waals surface area contributed by atoms with Gasteiger partial charge in [0.05, 0.1) is 5.54 Å². The highest BCUT2D eigenvalue weighted by molar-refractivity contribution is 7.99. The zero-order valence-electron chi connectivity index (χ0n) is 13.8. The number of piperazine rings is 1. The van der Waals surface area contributed by atoms with Gasteiger partial charge in [-0.1, -0.05) is 50.6 Å². The van der Waals surface area contributed by atoms with Crippen LogP contribution >= 0.6 is 11.8 Å². The Morgan fingerprint density at radius 1 is 1.29 bits per heavy atom. The first kappa shape index (κ1) is 16.9. The zero-order chi connectivity index (χ0) is 15.1. The standard InChI is InChI=1S/C18H30N2S/c1-4-9-17-14-19-18(3,16-10-7-6-8-11-16)15-20(17)12-13-21-5-2/h6-8,10-11,17,19H,4-5,9,12-15H2,1-3H3. The molecule has 1 saturated heterocycles. The Balaban J connectivity index is 2.06. The highest BCUT2D eigenvalue weighted by Crippen LogP contribution is 2.27. The normalized spacial score (nSPS) is 26.9. The van der Waals surface area contributed by atoms with Gasteiger partial charge in [0, 0.05) is 31.4 Å². The van der Waals surface area contributed by atoms with Crippen LogP contribution in [0.4, 0.5) is 0 Å². The molecule has 2 nitrogen and oxygen atoms in total. The quantitative estimate of drug-likeness (QED) is 0.773. The van der Waals surface area contributed by atoms with Crippen molar-refractivity contribution in [3.63, 3.8) is 0 Å². The Hall–Kier alpha value is -0.510. The molecule has 0 aliphatic carbocycles. The molecule has 1 N–H and O–H groups in total. The van der Waals surface area contributed by atoms with Crippen LogP contribution in [0.1, 0.15) is 39.2 Å². The molecule has 3 heteroatoms. The summed E-state index contributed by atoms with van der Waals surface area (Å²) in [4.78, 5) is 2.72. The molecule has 118 valence electrons. The summed E-state index contributed by atoms with van der Waals surface area (Å²) >= 11 is 2.06. The fraction of sp³-hybridized carbons (Fsp3) is 0.667. The van der Waals surface area contributed by atoms with E-state index in [0.29, 0.717) is 6.04 Å². The van der Waals surface area contributed by atoms with Crippen molar-refractivity contribution in [3.8, 4) is 0 Å². The van der Waals surface area contributed by atoms with E-state index in [9.17, 15) is 0 Å². The molecule has 2 atom stereocenters. The third-order valence-corrected chi connectivity index (χ3v) is 5.40. The second kappa shape index (κ2) is 8.21. The highest BCUT2D eigenvalue weighted by atomic mass is 32.2. The number of nitrogens with zero attached hydrogens (tertiary/aromatic N) is 1. The van der Waals surface area contributed by atoms with E-state index in [1.165, 1.54) is 36.5 Å². The first-order valence-corrected chi connectivity index (χ1v) is 9.47. The number of benzene rings is 1. The van der Waals surface area contributed by atoms with Gasteiger partial charge < -0.3 is 5.32 Å². The van der Waals surface area contributed by atoms with E-state index < -0.39 is 0 Å². The first-order valence-electron chi connectivity index (χ1n) is 8.32. The molecule has 1 heterocycles. The molecule has 0 radical (unpaired) electrons. The molecular weight excluding hydrogens is 276 g/mol. The van der Waals surface area contributed by atoms with E-state index in [-0.39, 0.29) is 5.54 Å². The van der Waals surface area contributed by atoms with Gasteiger partial charge in [0.25, 0.3) is 0 Å². The molecule has 1 aromatic rings. The fourth-order valence-electron chi connectivity index (χ4n) is 3.27. The molecule has 2 unspecified atom stereocenters. The summed E-state index contributed by atoms with van der Waals surface area (Å²) in [5, 5.41) is 3.82. The lowest BCUT2D eigenvalue weighted by atomic mass is 9.87. The molecule has 0 amide bonds. The summed E-state index contributed by atoms with van der Waals surface area (Å²) in [7, 11) is 0. The Morgan fingerprint density at radius 2 is 2.05 bits per heavy atom. The summed E-state index contributed by atoms with van der Waals surface area (Å²) in [5.74, 6) is 2.47. The van der Waals surface area contributed by atoms with Crippen LogP contribution in [0.5, 0.6) is 0 Å². The van der Waals surface area contributed by atoms with Gasteiger partial charge in [-0.2, -0.15) is 11.8 Å². The molecule has 1 aliphatic heterocycles. The zero-order valence-corrected chi connectivity index (χ0v) is 14.6. The number of thioether (sulfide) groups is 1. The molecule has 1 fully saturated rings. The van der Waals surface area contributed by atoms with E-state index in [1.807, 2.05) is 0 Å². The second-order valence-corrected chi connectivity index (χ2v) is 7.58. The molecule has 0 spiro atoms. The van der Waals surface area contributed by atoms with Gasteiger partial charge in [-0.3, -0.25) is 4.90 Å². The Morgan fingerprint density at radius 3 is 2.71 bits per heavy atom. The lowest BCUT2D eigenvalue weighted by Gasteiger charge is -2.46. The Kier molecular flexibility index (Phi) is 6.59. The lowest BCUT2D eigenvalue weighted by Crippen LogP contribution is -2.61. The van der Waals surface area contributed by atoms with Crippen molar-refractivity contribution in [3.05, 3.63) is 35.9 Å². The predicted octanol–water partition coefficient (Wildman–Crippen LogP) is 3.73. The maximum absolute atomic E-state index is 3.82. The second-order valence-electron chi connectivity index (χ2n) is 6.19. The number of nitrogens with one attached hydrogen (secondary N) is 1. The SMILES string of the molecule is CCCC1CNC(C)(c2ccccc2)CN1CCSCC. The average Bonchev–Trinajstić information content (AvgIpc) is 2.51. The summed E-state index contributed by atoms with van der Waals surface area (Å²) in [5.41, 5.74) is 1.50. The molecule has 0 aromatic heterocycles. The van der Waals surface area contributed by atoms with Crippen LogP contribution in [-0.4, -0.2) is 42.1 Å². The van der Waals surface area contributed by atoms with Crippen LogP contribution in [0.25, 0.3) is 0 Å².